The predicted octanol–water partition coefficient (Wildman–Crippen LogP) is 4.90. The van der Waals surface area contributed by atoms with Gasteiger partial charge >= 0.3 is 0 Å². The molecule has 2 aromatic carbocycles. The molecule has 1 amide bonds. The first-order valence-electron chi connectivity index (χ1n) is 7.84. The number of rotatable bonds is 7. The van der Waals surface area contributed by atoms with E-state index in [9.17, 15) is 4.79 Å². The van der Waals surface area contributed by atoms with Crippen molar-refractivity contribution in [3.8, 4) is 5.75 Å². The molecule has 128 valence electrons. The van der Waals surface area contributed by atoms with Gasteiger partial charge in [0.2, 0.25) is 5.91 Å². The first-order chi connectivity index (χ1) is 11.5. The van der Waals surface area contributed by atoms with Crippen molar-refractivity contribution in [2.75, 3.05) is 7.11 Å². The summed E-state index contributed by atoms with van der Waals surface area (Å²) in [6.07, 6.45) is 2.01. The van der Waals surface area contributed by atoms with E-state index in [1.807, 2.05) is 37.3 Å². The average Bonchev–Trinajstić information content (AvgIpc) is 2.55. The van der Waals surface area contributed by atoms with E-state index in [-0.39, 0.29) is 11.9 Å². The SMILES string of the molecule is COc1ccc(CCC(=O)NC(C)Cc2ccc(Br)cc2)cc1Br. The van der Waals surface area contributed by atoms with Crippen molar-refractivity contribution in [3.63, 3.8) is 0 Å². The molecule has 1 atom stereocenters. The summed E-state index contributed by atoms with van der Waals surface area (Å²) in [7, 11) is 1.64. The third kappa shape index (κ3) is 5.95. The lowest BCUT2D eigenvalue weighted by Gasteiger charge is -2.14. The number of carbonyl (C=O) groups excluding carboxylic acids is 1. The molecule has 0 aliphatic carbocycles. The highest BCUT2D eigenvalue weighted by molar-refractivity contribution is 9.10. The maximum atomic E-state index is 12.1. The zero-order chi connectivity index (χ0) is 17.5. The second kappa shape index (κ2) is 9.23. The average molecular weight is 455 g/mol. The van der Waals surface area contributed by atoms with Gasteiger partial charge in [-0.25, -0.2) is 0 Å². The molecule has 0 aliphatic heterocycles. The number of benzene rings is 2. The van der Waals surface area contributed by atoms with Crippen LogP contribution in [0.5, 0.6) is 5.75 Å². The van der Waals surface area contributed by atoms with Crippen molar-refractivity contribution >= 4 is 37.8 Å². The topological polar surface area (TPSA) is 38.3 Å². The van der Waals surface area contributed by atoms with Gasteiger partial charge in [-0.2, -0.15) is 0 Å². The van der Waals surface area contributed by atoms with Gasteiger partial charge in [0.05, 0.1) is 11.6 Å². The molecule has 0 spiro atoms. The van der Waals surface area contributed by atoms with E-state index >= 15 is 0 Å². The number of hydrogen-bond acceptors (Lipinski definition) is 2. The summed E-state index contributed by atoms with van der Waals surface area (Å²) < 4.78 is 7.19. The van der Waals surface area contributed by atoms with Gasteiger partial charge in [-0.05, 0) is 71.1 Å². The van der Waals surface area contributed by atoms with Crippen LogP contribution in [0.1, 0.15) is 24.5 Å². The van der Waals surface area contributed by atoms with E-state index in [4.69, 9.17) is 4.74 Å². The lowest BCUT2D eigenvalue weighted by molar-refractivity contribution is -0.121. The molecule has 0 bridgehead atoms. The molecule has 2 rings (SSSR count). The lowest BCUT2D eigenvalue weighted by Crippen LogP contribution is -2.34. The standard InChI is InChI=1S/C19H21Br2NO2/c1-13(11-14-3-7-16(20)8-4-14)22-19(23)10-6-15-5-9-18(24-2)17(21)12-15/h3-5,7-9,12-13H,6,10-11H2,1-2H3,(H,22,23). The summed E-state index contributed by atoms with van der Waals surface area (Å²) in [6, 6.07) is 14.2. The molecule has 1 N–H and O–H groups in total. The minimum Gasteiger partial charge on any atom is -0.496 e. The van der Waals surface area contributed by atoms with Crippen molar-refractivity contribution < 1.29 is 9.53 Å². The van der Waals surface area contributed by atoms with Gasteiger partial charge in [0, 0.05) is 16.9 Å². The molecule has 24 heavy (non-hydrogen) atoms. The molecule has 3 nitrogen and oxygen atoms in total. The zero-order valence-corrected chi connectivity index (χ0v) is 17.0. The third-order valence-electron chi connectivity index (χ3n) is 3.72. The molecule has 0 radical (unpaired) electrons. The molecule has 0 heterocycles. The maximum Gasteiger partial charge on any atom is 0.220 e. The molecule has 0 fully saturated rings. The molecule has 1 unspecified atom stereocenters. The van der Waals surface area contributed by atoms with Gasteiger partial charge in [0.1, 0.15) is 5.75 Å². The van der Waals surface area contributed by atoms with E-state index in [2.05, 4.69) is 49.3 Å². The van der Waals surface area contributed by atoms with Gasteiger partial charge in [-0.1, -0.05) is 34.1 Å². The number of amides is 1. The van der Waals surface area contributed by atoms with Crippen LogP contribution in [-0.4, -0.2) is 19.1 Å². The van der Waals surface area contributed by atoms with Gasteiger partial charge in [0.25, 0.3) is 0 Å². The number of halogens is 2. The lowest BCUT2D eigenvalue weighted by atomic mass is 10.1. The second-order valence-corrected chi connectivity index (χ2v) is 7.54. The smallest absolute Gasteiger partial charge is 0.220 e. The van der Waals surface area contributed by atoms with Crippen LogP contribution in [0, 0.1) is 0 Å². The Hall–Kier alpha value is -1.33. The van der Waals surface area contributed by atoms with Crippen molar-refractivity contribution in [2.24, 2.45) is 0 Å². The van der Waals surface area contributed by atoms with Gasteiger partial charge < -0.3 is 10.1 Å². The van der Waals surface area contributed by atoms with Crippen molar-refractivity contribution in [1.82, 2.24) is 5.32 Å². The molecule has 0 aliphatic rings. The predicted molar refractivity (Wildman–Crippen MR) is 104 cm³/mol. The molecular weight excluding hydrogens is 434 g/mol. The normalized spacial score (nSPS) is 11.8. The van der Waals surface area contributed by atoms with Crippen LogP contribution in [0.2, 0.25) is 0 Å². The van der Waals surface area contributed by atoms with Crippen LogP contribution in [0.15, 0.2) is 51.4 Å². The third-order valence-corrected chi connectivity index (χ3v) is 4.87. The Morgan fingerprint density at radius 1 is 1.12 bits per heavy atom. The number of ether oxygens (including phenoxy) is 1. The van der Waals surface area contributed by atoms with Crippen molar-refractivity contribution in [1.29, 1.82) is 0 Å². The Morgan fingerprint density at radius 2 is 1.79 bits per heavy atom. The Morgan fingerprint density at radius 3 is 2.42 bits per heavy atom. The molecular formula is C19H21Br2NO2. The summed E-state index contributed by atoms with van der Waals surface area (Å²) in [4.78, 5) is 12.1. The summed E-state index contributed by atoms with van der Waals surface area (Å²) in [5, 5.41) is 3.06. The molecule has 2 aromatic rings. The Labute approximate surface area is 160 Å². The van der Waals surface area contributed by atoms with Gasteiger partial charge in [-0.3, -0.25) is 4.79 Å². The number of hydrogen-bond donors (Lipinski definition) is 1. The van der Waals surface area contributed by atoms with E-state index in [1.54, 1.807) is 7.11 Å². The van der Waals surface area contributed by atoms with Crippen LogP contribution in [0.4, 0.5) is 0 Å². The molecule has 0 aromatic heterocycles. The van der Waals surface area contributed by atoms with Crippen molar-refractivity contribution in [3.05, 3.63) is 62.5 Å². The summed E-state index contributed by atoms with van der Waals surface area (Å²) >= 11 is 6.90. The van der Waals surface area contributed by atoms with Crippen LogP contribution in [0.25, 0.3) is 0 Å². The largest absolute Gasteiger partial charge is 0.496 e. The highest BCUT2D eigenvalue weighted by atomic mass is 79.9. The van der Waals surface area contributed by atoms with E-state index in [0.29, 0.717) is 12.8 Å². The van der Waals surface area contributed by atoms with Crippen LogP contribution >= 0.6 is 31.9 Å². The Balaban J connectivity index is 1.80. The highest BCUT2D eigenvalue weighted by Gasteiger charge is 2.09. The van der Waals surface area contributed by atoms with Crippen LogP contribution < -0.4 is 10.1 Å². The first kappa shape index (κ1) is 19.0. The fourth-order valence-electron chi connectivity index (χ4n) is 2.50. The highest BCUT2D eigenvalue weighted by Crippen LogP contribution is 2.25. The maximum absolute atomic E-state index is 12.1. The Bertz CT molecular complexity index is 686. The number of carbonyl (C=O) groups is 1. The summed E-state index contributed by atoms with van der Waals surface area (Å²) in [5.74, 6) is 0.873. The minimum absolute atomic E-state index is 0.0755. The molecule has 0 saturated heterocycles. The molecule has 0 saturated carbocycles. The van der Waals surface area contributed by atoms with Gasteiger partial charge in [-0.15, -0.1) is 0 Å². The molecule has 5 heteroatoms. The fraction of sp³-hybridized carbons (Fsp3) is 0.316. The quantitative estimate of drug-likeness (QED) is 0.646. The second-order valence-electron chi connectivity index (χ2n) is 5.77. The summed E-state index contributed by atoms with van der Waals surface area (Å²) in [6.45, 7) is 2.03. The van der Waals surface area contributed by atoms with Gasteiger partial charge in [0.15, 0.2) is 0 Å². The van der Waals surface area contributed by atoms with E-state index < -0.39 is 0 Å². The minimum atomic E-state index is 0.0755. The first-order valence-corrected chi connectivity index (χ1v) is 9.42. The van der Waals surface area contributed by atoms with Crippen LogP contribution in [0.3, 0.4) is 0 Å². The van der Waals surface area contributed by atoms with Crippen molar-refractivity contribution in [2.45, 2.75) is 32.2 Å². The monoisotopic (exact) mass is 453 g/mol. The number of methoxy groups -OCH3 is 1. The summed E-state index contributed by atoms with van der Waals surface area (Å²) in [5.41, 5.74) is 2.32. The van der Waals surface area contributed by atoms with Crippen LogP contribution in [-0.2, 0) is 17.6 Å². The number of aryl methyl sites for hydroxylation is 1. The van der Waals surface area contributed by atoms with E-state index in [1.165, 1.54) is 5.56 Å². The van der Waals surface area contributed by atoms with E-state index in [0.717, 1.165) is 26.7 Å². The Kier molecular flexibility index (Phi) is 7.31. The fourth-order valence-corrected chi connectivity index (χ4v) is 3.35. The number of nitrogens with one attached hydrogen (secondary N) is 1. The zero-order valence-electron chi connectivity index (χ0n) is 13.8.